The molecule has 4 rings (SSSR count). The normalized spacial score (nSPS) is 12.4. The smallest absolute Gasteiger partial charge is 0.143 e. The third kappa shape index (κ3) is 3.55. The number of fused-ring (bicyclic) bond motifs is 1. The van der Waals surface area contributed by atoms with Gasteiger partial charge in [0.25, 0.3) is 0 Å². The molecule has 3 aromatic carbocycles. The molecule has 1 N–H and O–H groups in total. The largest absolute Gasteiger partial charge is 0.380 e. The molecular weight excluding hydrogens is 400 g/mol. The second-order valence-electron chi connectivity index (χ2n) is 6.93. The van der Waals surface area contributed by atoms with Crippen molar-refractivity contribution in [3.05, 3.63) is 99.3 Å². The predicted octanol–water partition coefficient (Wildman–Crippen LogP) is 5.55. The summed E-state index contributed by atoms with van der Waals surface area (Å²) in [6.07, 6.45) is -0.775. The van der Waals surface area contributed by atoms with Crippen LogP contribution in [0.4, 0.5) is 0 Å². The van der Waals surface area contributed by atoms with E-state index < -0.39 is 6.10 Å². The Bertz CT molecular complexity index is 1100. The highest BCUT2D eigenvalue weighted by atomic mass is 79.9. The van der Waals surface area contributed by atoms with Crippen molar-refractivity contribution in [2.24, 2.45) is 0 Å². The van der Waals surface area contributed by atoms with Gasteiger partial charge in [-0.15, -0.1) is 0 Å². The summed E-state index contributed by atoms with van der Waals surface area (Å²) in [4.78, 5) is 4.77. The molecule has 0 aliphatic rings. The SMILES string of the molecule is Cc1ccc(C)c(Cn2c(C(O)c3ccccc3)nc3ccc(Br)cc32)c1. The summed E-state index contributed by atoms with van der Waals surface area (Å²) in [6, 6.07) is 22.2. The Labute approximate surface area is 167 Å². The first kappa shape index (κ1) is 18.0. The fraction of sp³-hybridized carbons (Fsp3) is 0.174. The molecular formula is C23H21BrN2O. The Balaban J connectivity index is 1.88. The van der Waals surface area contributed by atoms with Gasteiger partial charge in [-0.05, 0) is 48.7 Å². The van der Waals surface area contributed by atoms with Gasteiger partial charge >= 0.3 is 0 Å². The minimum atomic E-state index is -0.775. The Morgan fingerprint density at radius 1 is 1.00 bits per heavy atom. The van der Waals surface area contributed by atoms with Crippen LogP contribution in [0.2, 0.25) is 0 Å². The van der Waals surface area contributed by atoms with Gasteiger partial charge in [-0.1, -0.05) is 70.0 Å². The van der Waals surface area contributed by atoms with E-state index in [9.17, 15) is 5.11 Å². The van der Waals surface area contributed by atoms with Crippen LogP contribution in [0.3, 0.4) is 0 Å². The Morgan fingerprint density at radius 3 is 2.56 bits per heavy atom. The number of imidazole rings is 1. The van der Waals surface area contributed by atoms with Crippen LogP contribution in [-0.4, -0.2) is 14.7 Å². The minimum absolute atomic E-state index is 0.662. The van der Waals surface area contributed by atoms with E-state index in [4.69, 9.17) is 4.98 Å². The Kier molecular flexibility index (Phi) is 4.85. The van der Waals surface area contributed by atoms with Crippen molar-refractivity contribution in [3.8, 4) is 0 Å². The van der Waals surface area contributed by atoms with Crippen LogP contribution < -0.4 is 0 Å². The lowest BCUT2D eigenvalue weighted by Gasteiger charge is -2.16. The standard InChI is InChI=1S/C23H21BrN2O/c1-15-8-9-16(2)18(12-15)14-26-21-13-19(24)10-11-20(21)25-23(26)22(27)17-6-4-3-5-7-17/h3-13,22,27H,14H2,1-2H3. The summed E-state index contributed by atoms with van der Waals surface area (Å²) < 4.78 is 3.12. The van der Waals surface area contributed by atoms with E-state index >= 15 is 0 Å². The van der Waals surface area contributed by atoms with Crippen molar-refractivity contribution in [2.45, 2.75) is 26.5 Å². The lowest BCUT2D eigenvalue weighted by molar-refractivity contribution is 0.206. The van der Waals surface area contributed by atoms with E-state index in [0.29, 0.717) is 12.4 Å². The second-order valence-corrected chi connectivity index (χ2v) is 7.85. The third-order valence-corrected chi connectivity index (χ3v) is 5.43. The van der Waals surface area contributed by atoms with Gasteiger partial charge in [0.1, 0.15) is 11.9 Å². The van der Waals surface area contributed by atoms with Crippen molar-refractivity contribution in [1.29, 1.82) is 0 Å². The van der Waals surface area contributed by atoms with Gasteiger partial charge in [-0.2, -0.15) is 0 Å². The summed E-state index contributed by atoms with van der Waals surface area (Å²) in [5.74, 6) is 0.662. The van der Waals surface area contributed by atoms with Crippen LogP contribution in [0.15, 0.2) is 71.2 Å². The van der Waals surface area contributed by atoms with E-state index in [0.717, 1.165) is 21.1 Å². The lowest BCUT2D eigenvalue weighted by atomic mass is 10.0. The number of hydrogen-bond acceptors (Lipinski definition) is 2. The van der Waals surface area contributed by atoms with Crippen molar-refractivity contribution < 1.29 is 5.11 Å². The topological polar surface area (TPSA) is 38.0 Å². The number of rotatable bonds is 4. The lowest BCUT2D eigenvalue weighted by Crippen LogP contribution is -2.12. The average molecular weight is 421 g/mol. The van der Waals surface area contributed by atoms with E-state index in [1.807, 2.05) is 42.5 Å². The Morgan fingerprint density at radius 2 is 1.78 bits per heavy atom. The van der Waals surface area contributed by atoms with E-state index in [1.165, 1.54) is 16.7 Å². The molecule has 0 bridgehead atoms. The molecule has 1 unspecified atom stereocenters. The molecule has 27 heavy (non-hydrogen) atoms. The van der Waals surface area contributed by atoms with Crippen molar-refractivity contribution in [3.63, 3.8) is 0 Å². The zero-order chi connectivity index (χ0) is 19.0. The monoisotopic (exact) mass is 420 g/mol. The molecule has 0 amide bonds. The predicted molar refractivity (Wildman–Crippen MR) is 113 cm³/mol. The molecule has 0 saturated heterocycles. The highest BCUT2D eigenvalue weighted by Gasteiger charge is 2.20. The van der Waals surface area contributed by atoms with Gasteiger partial charge in [-0.3, -0.25) is 0 Å². The van der Waals surface area contributed by atoms with Crippen LogP contribution in [0.1, 0.15) is 34.2 Å². The van der Waals surface area contributed by atoms with Gasteiger partial charge in [0, 0.05) is 11.0 Å². The van der Waals surface area contributed by atoms with Gasteiger partial charge in [-0.25, -0.2) is 4.98 Å². The number of aromatic nitrogens is 2. The van der Waals surface area contributed by atoms with Crippen LogP contribution in [0, 0.1) is 13.8 Å². The minimum Gasteiger partial charge on any atom is -0.380 e. The summed E-state index contributed by atoms with van der Waals surface area (Å²) in [6.45, 7) is 4.89. The maximum absolute atomic E-state index is 11.0. The summed E-state index contributed by atoms with van der Waals surface area (Å²) in [5.41, 5.74) is 6.43. The molecule has 1 atom stereocenters. The zero-order valence-electron chi connectivity index (χ0n) is 15.4. The maximum Gasteiger partial charge on any atom is 0.143 e. The van der Waals surface area contributed by atoms with Crippen molar-refractivity contribution in [1.82, 2.24) is 9.55 Å². The summed E-state index contributed by atoms with van der Waals surface area (Å²) in [5, 5.41) is 11.0. The van der Waals surface area contributed by atoms with Crippen LogP contribution >= 0.6 is 15.9 Å². The molecule has 0 aliphatic heterocycles. The van der Waals surface area contributed by atoms with E-state index in [-0.39, 0.29) is 0 Å². The molecule has 0 saturated carbocycles. The summed E-state index contributed by atoms with van der Waals surface area (Å²) in [7, 11) is 0. The third-order valence-electron chi connectivity index (χ3n) is 4.93. The first-order valence-electron chi connectivity index (χ1n) is 8.98. The summed E-state index contributed by atoms with van der Waals surface area (Å²) >= 11 is 3.57. The fourth-order valence-corrected chi connectivity index (χ4v) is 3.76. The fourth-order valence-electron chi connectivity index (χ4n) is 3.41. The number of benzene rings is 3. The van der Waals surface area contributed by atoms with Crippen LogP contribution in [-0.2, 0) is 6.54 Å². The zero-order valence-corrected chi connectivity index (χ0v) is 16.9. The number of nitrogens with zero attached hydrogens (tertiary/aromatic N) is 2. The average Bonchev–Trinajstić information content (AvgIpc) is 3.02. The number of aliphatic hydroxyl groups excluding tert-OH is 1. The molecule has 0 fully saturated rings. The van der Waals surface area contributed by atoms with Crippen LogP contribution in [0.5, 0.6) is 0 Å². The molecule has 1 heterocycles. The number of hydrogen-bond donors (Lipinski definition) is 1. The van der Waals surface area contributed by atoms with Gasteiger partial charge in [0.2, 0.25) is 0 Å². The van der Waals surface area contributed by atoms with Gasteiger partial charge < -0.3 is 9.67 Å². The maximum atomic E-state index is 11.0. The van der Waals surface area contributed by atoms with Crippen molar-refractivity contribution in [2.75, 3.05) is 0 Å². The molecule has 136 valence electrons. The molecule has 3 nitrogen and oxygen atoms in total. The van der Waals surface area contributed by atoms with Crippen molar-refractivity contribution >= 4 is 27.0 Å². The van der Waals surface area contributed by atoms with E-state index in [1.54, 1.807) is 0 Å². The first-order valence-corrected chi connectivity index (χ1v) is 9.77. The van der Waals surface area contributed by atoms with Crippen LogP contribution in [0.25, 0.3) is 11.0 Å². The van der Waals surface area contributed by atoms with Gasteiger partial charge in [0.05, 0.1) is 11.0 Å². The number of aryl methyl sites for hydroxylation is 2. The molecule has 0 spiro atoms. The highest BCUT2D eigenvalue weighted by molar-refractivity contribution is 9.10. The molecule has 4 aromatic rings. The molecule has 0 aliphatic carbocycles. The molecule has 1 aromatic heterocycles. The second kappa shape index (κ2) is 7.29. The quantitative estimate of drug-likeness (QED) is 0.470. The number of aliphatic hydroxyl groups is 1. The highest BCUT2D eigenvalue weighted by Crippen LogP contribution is 2.29. The van der Waals surface area contributed by atoms with Gasteiger partial charge in [0.15, 0.2) is 0 Å². The number of halogens is 1. The van der Waals surface area contributed by atoms with E-state index in [2.05, 4.69) is 58.6 Å². The Hall–Kier alpha value is -2.43. The molecule has 0 radical (unpaired) electrons. The first-order chi connectivity index (χ1) is 13.0. The molecule has 4 heteroatoms.